The van der Waals surface area contributed by atoms with Crippen LogP contribution in [0.4, 0.5) is 0 Å². The Balaban J connectivity index is 1.80. The van der Waals surface area contributed by atoms with Crippen molar-refractivity contribution in [1.29, 1.82) is 0 Å². The zero-order valence-corrected chi connectivity index (χ0v) is 9.93. The molecule has 1 aromatic rings. The maximum atomic E-state index is 5.61. The van der Waals surface area contributed by atoms with Gasteiger partial charge in [-0.25, -0.2) is 0 Å². The highest BCUT2D eigenvalue weighted by atomic mass is 32.1. The predicted molar refractivity (Wildman–Crippen MR) is 65.6 cm³/mol. The molecule has 15 heavy (non-hydrogen) atoms. The van der Waals surface area contributed by atoms with E-state index in [1.807, 2.05) is 0 Å². The van der Waals surface area contributed by atoms with E-state index in [0.717, 1.165) is 5.92 Å². The largest absolute Gasteiger partial charge is 0.271 e. The molecule has 0 aromatic carbocycles. The molecule has 0 bridgehead atoms. The number of nitrogens with one attached hydrogen (secondary N) is 1. The van der Waals surface area contributed by atoms with Crippen molar-refractivity contribution in [2.24, 2.45) is 11.8 Å². The first-order valence-electron chi connectivity index (χ1n) is 5.89. The first-order valence-corrected chi connectivity index (χ1v) is 6.77. The summed E-state index contributed by atoms with van der Waals surface area (Å²) >= 11 is 1.80. The summed E-state index contributed by atoms with van der Waals surface area (Å²) in [5, 5.41) is 2.12. The van der Waals surface area contributed by atoms with E-state index in [2.05, 4.69) is 22.9 Å². The molecule has 1 heterocycles. The highest BCUT2D eigenvalue weighted by Gasteiger charge is 2.18. The van der Waals surface area contributed by atoms with Gasteiger partial charge in [-0.2, -0.15) is 0 Å². The van der Waals surface area contributed by atoms with Crippen LogP contribution in [0.2, 0.25) is 0 Å². The van der Waals surface area contributed by atoms with Crippen LogP contribution in [-0.4, -0.2) is 0 Å². The van der Waals surface area contributed by atoms with Gasteiger partial charge in [-0.3, -0.25) is 11.3 Å². The first kappa shape index (κ1) is 11.1. The molecule has 0 radical (unpaired) electrons. The Kier molecular flexibility index (Phi) is 4.18. The summed E-state index contributed by atoms with van der Waals surface area (Å²) in [5.74, 6) is 6.56. The second-order valence-electron chi connectivity index (χ2n) is 4.46. The number of hydrogen-bond acceptors (Lipinski definition) is 3. The summed E-state index contributed by atoms with van der Waals surface area (Å²) in [7, 11) is 0. The van der Waals surface area contributed by atoms with Gasteiger partial charge in [-0.05, 0) is 30.2 Å². The minimum absolute atomic E-state index is 0.366. The quantitative estimate of drug-likeness (QED) is 0.595. The fourth-order valence-corrected chi connectivity index (χ4v) is 3.32. The molecule has 84 valence electrons. The molecule has 2 rings (SSSR count). The first-order chi connectivity index (χ1) is 7.40. The van der Waals surface area contributed by atoms with Crippen molar-refractivity contribution in [2.75, 3.05) is 0 Å². The van der Waals surface area contributed by atoms with Crippen LogP contribution in [0.15, 0.2) is 17.5 Å². The van der Waals surface area contributed by atoms with Gasteiger partial charge in [0.25, 0.3) is 0 Å². The van der Waals surface area contributed by atoms with Crippen LogP contribution in [0.1, 0.15) is 49.4 Å². The third kappa shape index (κ3) is 3.03. The lowest BCUT2D eigenvalue weighted by atomic mass is 9.98. The van der Waals surface area contributed by atoms with Gasteiger partial charge in [0.2, 0.25) is 0 Å². The fraction of sp³-hybridized carbons (Fsp3) is 0.667. The number of rotatable bonds is 5. The molecule has 0 saturated heterocycles. The zero-order chi connectivity index (χ0) is 10.5. The Morgan fingerprint density at radius 3 is 2.87 bits per heavy atom. The van der Waals surface area contributed by atoms with Crippen molar-refractivity contribution in [3.05, 3.63) is 22.4 Å². The third-order valence-electron chi connectivity index (χ3n) is 3.43. The summed E-state index contributed by atoms with van der Waals surface area (Å²) in [6, 6.07) is 4.63. The number of thiophene rings is 1. The topological polar surface area (TPSA) is 38.0 Å². The lowest BCUT2D eigenvalue weighted by Gasteiger charge is -2.16. The van der Waals surface area contributed by atoms with Crippen LogP contribution >= 0.6 is 11.3 Å². The van der Waals surface area contributed by atoms with Crippen molar-refractivity contribution < 1.29 is 0 Å². The zero-order valence-electron chi connectivity index (χ0n) is 9.11. The normalized spacial score (nSPS) is 19.5. The third-order valence-corrected chi connectivity index (χ3v) is 4.41. The average Bonchev–Trinajstić information content (AvgIpc) is 2.90. The maximum Gasteiger partial charge on any atom is 0.0553 e. The average molecular weight is 224 g/mol. The van der Waals surface area contributed by atoms with E-state index < -0.39 is 0 Å². The van der Waals surface area contributed by atoms with Crippen molar-refractivity contribution in [3.8, 4) is 0 Å². The molecule has 2 nitrogen and oxygen atoms in total. The second kappa shape index (κ2) is 5.64. The summed E-state index contributed by atoms with van der Waals surface area (Å²) in [6.07, 6.45) is 8.24. The van der Waals surface area contributed by atoms with E-state index in [9.17, 15) is 0 Å². The van der Waals surface area contributed by atoms with Crippen LogP contribution in [0.3, 0.4) is 0 Å². The molecule has 1 unspecified atom stereocenters. The number of hydrogen-bond donors (Lipinski definition) is 2. The van der Waals surface area contributed by atoms with E-state index in [1.54, 1.807) is 11.3 Å². The van der Waals surface area contributed by atoms with Gasteiger partial charge in [0.1, 0.15) is 0 Å². The maximum absolute atomic E-state index is 5.61. The van der Waals surface area contributed by atoms with Crippen molar-refractivity contribution in [3.63, 3.8) is 0 Å². The van der Waals surface area contributed by atoms with E-state index in [-0.39, 0.29) is 0 Å². The molecule has 1 saturated carbocycles. The summed E-state index contributed by atoms with van der Waals surface area (Å²) in [6.45, 7) is 0. The fourth-order valence-electron chi connectivity index (χ4n) is 2.50. The van der Waals surface area contributed by atoms with E-state index in [4.69, 9.17) is 5.84 Å². The SMILES string of the molecule is NNC(CCC1CCCC1)c1cccs1. The molecule has 1 atom stereocenters. The van der Waals surface area contributed by atoms with Crippen LogP contribution in [0.5, 0.6) is 0 Å². The molecule has 1 aromatic heterocycles. The van der Waals surface area contributed by atoms with Gasteiger partial charge in [0.15, 0.2) is 0 Å². The number of nitrogens with two attached hydrogens (primary N) is 1. The Hall–Kier alpha value is -0.380. The standard InChI is InChI=1S/C12H20N2S/c13-14-11(12-6-3-9-15-12)8-7-10-4-1-2-5-10/h3,6,9-11,14H,1-2,4-5,7-8,13H2. The van der Waals surface area contributed by atoms with E-state index >= 15 is 0 Å². The molecule has 1 aliphatic rings. The van der Waals surface area contributed by atoms with E-state index in [0.29, 0.717) is 6.04 Å². The van der Waals surface area contributed by atoms with Crippen LogP contribution in [-0.2, 0) is 0 Å². The number of hydrazine groups is 1. The van der Waals surface area contributed by atoms with Crippen molar-refractivity contribution >= 4 is 11.3 Å². The Morgan fingerprint density at radius 1 is 1.47 bits per heavy atom. The van der Waals surface area contributed by atoms with Gasteiger partial charge < -0.3 is 0 Å². The smallest absolute Gasteiger partial charge is 0.0553 e. The molecular formula is C12H20N2S. The Morgan fingerprint density at radius 2 is 2.27 bits per heavy atom. The minimum Gasteiger partial charge on any atom is -0.271 e. The van der Waals surface area contributed by atoms with E-state index in [1.165, 1.54) is 43.4 Å². The lowest BCUT2D eigenvalue weighted by molar-refractivity contribution is 0.420. The highest BCUT2D eigenvalue weighted by molar-refractivity contribution is 7.10. The molecule has 1 aliphatic carbocycles. The lowest BCUT2D eigenvalue weighted by Crippen LogP contribution is -2.27. The summed E-state index contributed by atoms with van der Waals surface area (Å²) in [4.78, 5) is 1.37. The van der Waals surface area contributed by atoms with Crippen LogP contribution in [0, 0.1) is 5.92 Å². The predicted octanol–water partition coefficient (Wildman–Crippen LogP) is 3.22. The van der Waals surface area contributed by atoms with Crippen LogP contribution < -0.4 is 11.3 Å². The molecule has 0 spiro atoms. The summed E-state index contributed by atoms with van der Waals surface area (Å²) in [5.41, 5.74) is 2.94. The molecule has 3 N–H and O–H groups in total. The molecule has 1 fully saturated rings. The molecule has 3 heteroatoms. The van der Waals surface area contributed by atoms with Gasteiger partial charge in [0, 0.05) is 4.88 Å². The van der Waals surface area contributed by atoms with Gasteiger partial charge in [-0.1, -0.05) is 31.7 Å². The highest BCUT2D eigenvalue weighted by Crippen LogP contribution is 2.32. The molecule has 0 amide bonds. The van der Waals surface area contributed by atoms with Gasteiger partial charge >= 0.3 is 0 Å². The molecule has 0 aliphatic heterocycles. The van der Waals surface area contributed by atoms with Crippen LogP contribution in [0.25, 0.3) is 0 Å². The minimum atomic E-state index is 0.366. The Labute approximate surface area is 95.8 Å². The van der Waals surface area contributed by atoms with Gasteiger partial charge in [0.05, 0.1) is 6.04 Å². The second-order valence-corrected chi connectivity index (χ2v) is 5.44. The monoisotopic (exact) mass is 224 g/mol. The molecular weight excluding hydrogens is 204 g/mol. The van der Waals surface area contributed by atoms with Crippen molar-refractivity contribution in [1.82, 2.24) is 5.43 Å². The Bertz CT molecular complexity index is 265. The summed E-state index contributed by atoms with van der Waals surface area (Å²) < 4.78 is 0. The van der Waals surface area contributed by atoms with Crippen molar-refractivity contribution in [2.45, 2.75) is 44.6 Å². The van der Waals surface area contributed by atoms with Gasteiger partial charge in [-0.15, -0.1) is 11.3 Å².